The molecule has 1 N–H and O–H groups in total. The molecule has 1 atom stereocenters. The third-order valence-corrected chi connectivity index (χ3v) is 4.94. The van der Waals surface area contributed by atoms with Gasteiger partial charge in [0, 0.05) is 12.1 Å². The Morgan fingerprint density at radius 2 is 1.80 bits per heavy atom. The van der Waals surface area contributed by atoms with Crippen LogP contribution in [-0.2, 0) is 5.54 Å². The highest BCUT2D eigenvalue weighted by molar-refractivity contribution is 5.46. The Kier molecular flexibility index (Phi) is 5.03. The van der Waals surface area contributed by atoms with Crippen LogP contribution in [0.3, 0.4) is 0 Å². The molecule has 7 heteroatoms. The maximum Gasteiger partial charge on any atom is 0.209 e. The number of aromatic nitrogens is 4. The number of piperazine rings is 1. The zero-order valence-corrected chi connectivity index (χ0v) is 15.5. The molecule has 0 radical (unpaired) electrons. The Hall–Kier alpha value is -2.02. The van der Waals surface area contributed by atoms with Gasteiger partial charge < -0.3 is 9.80 Å². The summed E-state index contributed by atoms with van der Waals surface area (Å²) in [5.41, 5.74) is 0.967. The molecule has 0 spiro atoms. The molecule has 136 valence electrons. The standard InChI is InChI=1S/C18H27FN6/c1-5-16(17-20-21-22-25(17)18(2,3)4)24-12-10-23(11-13-24)15-8-6-14(19)7-9-15/h6-9,16H,5,10-13H2,1-4H3/p+1/t16-/m1/s1. The first kappa shape index (κ1) is 17.8. The minimum absolute atomic E-state index is 0.123. The number of hydrogen-bond donors (Lipinski definition) is 1. The zero-order valence-electron chi connectivity index (χ0n) is 15.5. The molecule has 1 saturated heterocycles. The summed E-state index contributed by atoms with van der Waals surface area (Å²) in [6.45, 7) is 12.5. The fourth-order valence-electron chi connectivity index (χ4n) is 3.60. The number of tetrazole rings is 1. The van der Waals surface area contributed by atoms with Crippen molar-refractivity contribution in [2.75, 3.05) is 31.1 Å². The smallest absolute Gasteiger partial charge is 0.209 e. The summed E-state index contributed by atoms with van der Waals surface area (Å²) in [5, 5.41) is 12.5. The second-order valence-corrected chi connectivity index (χ2v) is 7.70. The van der Waals surface area contributed by atoms with Gasteiger partial charge in [-0.1, -0.05) is 6.92 Å². The van der Waals surface area contributed by atoms with Crippen LogP contribution in [0.5, 0.6) is 0 Å². The highest BCUT2D eigenvalue weighted by Gasteiger charge is 2.33. The van der Waals surface area contributed by atoms with Crippen molar-refractivity contribution in [3.8, 4) is 0 Å². The van der Waals surface area contributed by atoms with Crippen LogP contribution in [0.1, 0.15) is 46.0 Å². The highest BCUT2D eigenvalue weighted by atomic mass is 19.1. The van der Waals surface area contributed by atoms with Crippen LogP contribution in [0.4, 0.5) is 10.1 Å². The minimum Gasteiger partial charge on any atom is -0.360 e. The maximum atomic E-state index is 13.1. The Labute approximate surface area is 148 Å². The molecule has 0 unspecified atom stereocenters. The highest BCUT2D eigenvalue weighted by Crippen LogP contribution is 2.19. The van der Waals surface area contributed by atoms with Crippen LogP contribution in [0, 0.1) is 5.82 Å². The number of hydrogen-bond acceptors (Lipinski definition) is 4. The van der Waals surface area contributed by atoms with E-state index >= 15 is 0 Å². The monoisotopic (exact) mass is 347 g/mol. The van der Waals surface area contributed by atoms with Gasteiger partial charge in [-0.15, -0.1) is 5.10 Å². The molecule has 1 fully saturated rings. The first-order valence-corrected chi connectivity index (χ1v) is 9.04. The van der Waals surface area contributed by atoms with E-state index in [2.05, 4.69) is 48.1 Å². The number of nitrogens with one attached hydrogen (secondary N) is 1. The first-order chi connectivity index (χ1) is 11.9. The van der Waals surface area contributed by atoms with E-state index in [1.807, 2.05) is 16.8 Å². The van der Waals surface area contributed by atoms with Crippen LogP contribution < -0.4 is 9.80 Å². The van der Waals surface area contributed by atoms with Crippen LogP contribution in [0.15, 0.2) is 24.3 Å². The van der Waals surface area contributed by atoms with Gasteiger partial charge in [-0.2, -0.15) is 0 Å². The quantitative estimate of drug-likeness (QED) is 0.909. The Bertz CT molecular complexity index is 682. The van der Waals surface area contributed by atoms with Crippen LogP contribution >= 0.6 is 0 Å². The Morgan fingerprint density at radius 1 is 1.16 bits per heavy atom. The minimum atomic E-state index is -0.187. The number of halogens is 1. The molecule has 0 saturated carbocycles. The molecule has 1 aliphatic rings. The molecule has 1 aromatic carbocycles. The molecular weight excluding hydrogens is 319 g/mol. The van der Waals surface area contributed by atoms with Crippen LogP contribution in [0.2, 0.25) is 0 Å². The van der Waals surface area contributed by atoms with Crippen molar-refractivity contribution in [3.63, 3.8) is 0 Å². The molecular formula is C18H28FN6+. The van der Waals surface area contributed by atoms with Crippen molar-refractivity contribution in [2.24, 2.45) is 0 Å². The summed E-state index contributed by atoms with van der Waals surface area (Å²) in [6, 6.07) is 7.07. The van der Waals surface area contributed by atoms with Gasteiger partial charge in [-0.05, 0) is 55.5 Å². The number of rotatable bonds is 4. The van der Waals surface area contributed by atoms with E-state index in [4.69, 9.17) is 0 Å². The second-order valence-electron chi connectivity index (χ2n) is 7.70. The lowest BCUT2D eigenvalue weighted by molar-refractivity contribution is -0.933. The molecule has 3 rings (SSSR count). The van der Waals surface area contributed by atoms with Gasteiger partial charge in [0.05, 0.1) is 31.7 Å². The Morgan fingerprint density at radius 3 is 2.36 bits per heavy atom. The predicted octanol–water partition coefficient (Wildman–Crippen LogP) is 1.42. The SMILES string of the molecule is CC[C@H](c1nnnn1C(C)(C)C)[NH+]1CCN(c2ccc(F)cc2)CC1. The van der Waals surface area contributed by atoms with E-state index in [0.717, 1.165) is 44.1 Å². The maximum absolute atomic E-state index is 13.1. The van der Waals surface area contributed by atoms with Crippen molar-refractivity contribution in [1.29, 1.82) is 0 Å². The normalized spacial score (nSPS) is 17.7. The summed E-state index contributed by atoms with van der Waals surface area (Å²) in [5.74, 6) is 0.785. The van der Waals surface area contributed by atoms with Crippen molar-refractivity contribution < 1.29 is 9.29 Å². The third-order valence-electron chi connectivity index (χ3n) is 4.94. The fourth-order valence-corrected chi connectivity index (χ4v) is 3.60. The van der Waals surface area contributed by atoms with Gasteiger partial charge >= 0.3 is 0 Å². The van der Waals surface area contributed by atoms with Gasteiger partial charge in [0.1, 0.15) is 11.9 Å². The van der Waals surface area contributed by atoms with E-state index < -0.39 is 0 Å². The van der Waals surface area contributed by atoms with E-state index in [-0.39, 0.29) is 11.4 Å². The van der Waals surface area contributed by atoms with Crippen molar-refractivity contribution in [3.05, 3.63) is 35.9 Å². The summed E-state index contributed by atoms with van der Waals surface area (Å²) in [7, 11) is 0. The summed E-state index contributed by atoms with van der Waals surface area (Å²) >= 11 is 0. The lowest BCUT2D eigenvalue weighted by Crippen LogP contribution is -3.15. The van der Waals surface area contributed by atoms with Crippen molar-refractivity contribution in [1.82, 2.24) is 20.2 Å². The lowest BCUT2D eigenvalue weighted by Gasteiger charge is -2.37. The molecule has 0 bridgehead atoms. The molecule has 0 aliphatic carbocycles. The summed E-state index contributed by atoms with van der Waals surface area (Å²) in [4.78, 5) is 3.84. The number of benzene rings is 1. The molecule has 0 amide bonds. The van der Waals surface area contributed by atoms with E-state index in [1.165, 1.54) is 17.0 Å². The van der Waals surface area contributed by atoms with Gasteiger partial charge in [0.15, 0.2) is 0 Å². The van der Waals surface area contributed by atoms with Gasteiger partial charge in [-0.25, -0.2) is 9.07 Å². The summed E-state index contributed by atoms with van der Waals surface area (Å²) in [6.07, 6.45) is 1.00. The Balaban J connectivity index is 1.71. The largest absolute Gasteiger partial charge is 0.360 e. The summed E-state index contributed by atoms with van der Waals surface area (Å²) < 4.78 is 15.1. The van der Waals surface area contributed by atoms with E-state index in [1.54, 1.807) is 0 Å². The van der Waals surface area contributed by atoms with Crippen molar-refractivity contribution in [2.45, 2.75) is 45.7 Å². The molecule has 2 heterocycles. The third kappa shape index (κ3) is 3.81. The van der Waals surface area contributed by atoms with Crippen molar-refractivity contribution >= 4 is 5.69 Å². The second kappa shape index (κ2) is 7.07. The topological polar surface area (TPSA) is 51.3 Å². The lowest BCUT2D eigenvalue weighted by atomic mass is 10.1. The fraction of sp³-hybridized carbons (Fsp3) is 0.611. The van der Waals surface area contributed by atoms with Crippen LogP contribution in [0.25, 0.3) is 0 Å². The average Bonchev–Trinajstić information content (AvgIpc) is 3.07. The molecule has 2 aromatic rings. The van der Waals surface area contributed by atoms with Gasteiger partial charge in [0.2, 0.25) is 5.82 Å². The predicted molar refractivity (Wildman–Crippen MR) is 95.2 cm³/mol. The molecule has 1 aliphatic heterocycles. The van der Waals surface area contributed by atoms with Gasteiger partial charge in [-0.3, -0.25) is 0 Å². The molecule has 6 nitrogen and oxygen atoms in total. The number of nitrogens with zero attached hydrogens (tertiary/aromatic N) is 5. The number of quaternary nitrogens is 1. The zero-order chi connectivity index (χ0) is 18.0. The first-order valence-electron chi connectivity index (χ1n) is 9.04. The van der Waals surface area contributed by atoms with E-state index in [0.29, 0.717) is 6.04 Å². The van der Waals surface area contributed by atoms with E-state index in [9.17, 15) is 4.39 Å². The van der Waals surface area contributed by atoms with Gasteiger partial charge in [0.25, 0.3) is 0 Å². The van der Waals surface area contributed by atoms with Crippen LogP contribution in [-0.4, -0.2) is 46.4 Å². The average molecular weight is 347 g/mol. The number of anilines is 1. The molecule has 1 aromatic heterocycles. The molecule has 25 heavy (non-hydrogen) atoms.